The fourth-order valence-corrected chi connectivity index (χ4v) is 9.43. The van der Waals surface area contributed by atoms with Crippen LogP contribution in [0.5, 0.6) is 0 Å². The van der Waals surface area contributed by atoms with Crippen LogP contribution in [-0.2, 0) is 0 Å². The Balaban J connectivity index is 1.14. The third kappa shape index (κ3) is 6.50. The Labute approximate surface area is 371 Å². The molecule has 12 aromatic rings. The van der Waals surface area contributed by atoms with Crippen LogP contribution >= 0.6 is 0 Å². The predicted molar refractivity (Wildman–Crippen MR) is 268 cm³/mol. The minimum atomic E-state index is 0.672. The molecule has 0 amide bonds. The van der Waals surface area contributed by atoms with Crippen LogP contribution < -0.4 is 0 Å². The average molecular weight is 814 g/mol. The first kappa shape index (κ1) is 37.2. The quantitative estimate of drug-likeness (QED) is 0.150. The maximum atomic E-state index is 5.53. The van der Waals surface area contributed by atoms with Crippen LogP contribution in [0, 0.1) is 0 Å². The zero-order chi connectivity index (χ0) is 42.4. The van der Waals surface area contributed by atoms with Gasteiger partial charge in [0.05, 0.1) is 22.6 Å². The smallest absolute Gasteiger partial charge is 0.160 e. The Morgan fingerprint density at radius 1 is 0.219 bits per heavy atom. The molecule has 2 heterocycles. The highest BCUT2D eigenvalue weighted by Gasteiger charge is 2.23. The number of pyridine rings is 1. The minimum Gasteiger partial charge on any atom is -0.247 e. The van der Waals surface area contributed by atoms with Crippen molar-refractivity contribution in [3.63, 3.8) is 0 Å². The van der Waals surface area contributed by atoms with Crippen molar-refractivity contribution < 1.29 is 0 Å². The molecule has 3 nitrogen and oxygen atoms in total. The number of nitrogens with zero attached hydrogens (tertiary/aromatic N) is 3. The molecule has 0 unspecified atom stereocenters. The standard InChI is InChI=1S/C61H39N3/c1-4-17-40(18-5-1)42-31-35-44(36-32-42)58-55(59(64-61(63-58)46-21-8-3-9-22-46)45-37-33-43(34-38-45)41-19-6-2-7-20-41)47-23-16-24-48(39-47)60-57-52-28-13-11-26-50(52)49-25-10-12-27-51(49)56(57)53-29-14-15-30-54(53)62-60/h1-39H. The maximum absolute atomic E-state index is 5.53. The van der Waals surface area contributed by atoms with Crippen molar-refractivity contribution in [2.45, 2.75) is 0 Å². The van der Waals surface area contributed by atoms with E-state index in [0.29, 0.717) is 5.82 Å². The zero-order valence-electron chi connectivity index (χ0n) is 34.9. The topological polar surface area (TPSA) is 38.7 Å². The molecule has 0 N–H and O–H groups in total. The van der Waals surface area contributed by atoms with E-state index in [9.17, 15) is 0 Å². The molecule has 0 aliphatic carbocycles. The van der Waals surface area contributed by atoms with Gasteiger partial charge in [0.2, 0.25) is 0 Å². The lowest BCUT2D eigenvalue weighted by Gasteiger charge is -2.19. The monoisotopic (exact) mass is 813 g/mol. The Morgan fingerprint density at radius 3 is 1.16 bits per heavy atom. The number of para-hydroxylation sites is 1. The highest BCUT2D eigenvalue weighted by Crippen LogP contribution is 2.45. The van der Waals surface area contributed by atoms with E-state index in [4.69, 9.17) is 15.0 Å². The van der Waals surface area contributed by atoms with Gasteiger partial charge in [0.15, 0.2) is 5.82 Å². The van der Waals surface area contributed by atoms with Gasteiger partial charge >= 0.3 is 0 Å². The molecule has 12 rings (SSSR count). The van der Waals surface area contributed by atoms with Crippen molar-refractivity contribution in [2.75, 3.05) is 0 Å². The third-order valence-corrected chi connectivity index (χ3v) is 12.5. The summed E-state index contributed by atoms with van der Waals surface area (Å²) in [6.07, 6.45) is 0. The van der Waals surface area contributed by atoms with Crippen molar-refractivity contribution in [2.24, 2.45) is 0 Å². The molecule has 10 aromatic carbocycles. The molecule has 64 heavy (non-hydrogen) atoms. The molecule has 0 atom stereocenters. The Hall–Kier alpha value is -8.53. The fraction of sp³-hybridized carbons (Fsp3) is 0. The van der Waals surface area contributed by atoms with E-state index in [0.717, 1.165) is 77.9 Å². The number of rotatable bonds is 7. The summed E-state index contributed by atoms with van der Waals surface area (Å²) in [5.41, 5.74) is 14.2. The van der Waals surface area contributed by atoms with Gasteiger partial charge in [0.25, 0.3) is 0 Å². The second-order valence-electron chi connectivity index (χ2n) is 16.3. The first-order valence-electron chi connectivity index (χ1n) is 21.8. The molecule has 0 aliphatic rings. The number of aromatic nitrogens is 3. The molecule has 2 aromatic heterocycles. The highest BCUT2D eigenvalue weighted by atomic mass is 14.9. The summed E-state index contributed by atoms with van der Waals surface area (Å²) in [6, 6.07) is 83.9. The summed E-state index contributed by atoms with van der Waals surface area (Å²) in [6.45, 7) is 0. The summed E-state index contributed by atoms with van der Waals surface area (Å²) in [7, 11) is 0. The van der Waals surface area contributed by atoms with Gasteiger partial charge in [0.1, 0.15) is 0 Å². The summed E-state index contributed by atoms with van der Waals surface area (Å²) in [4.78, 5) is 16.5. The van der Waals surface area contributed by atoms with E-state index in [1.165, 1.54) is 38.1 Å². The second kappa shape index (κ2) is 15.7. The minimum absolute atomic E-state index is 0.672. The van der Waals surface area contributed by atoms with E-state index in [-0.39, 0.29) is 0 Å². The molecule has 0 radical (unpaired) electrons. The summed E-state index contributed by atoms with van der Waals surface area (Å²) >= 11 is 0. The predicted octanol–water partition coefficient (Wildman–Crippen LogP) is 16.2. The van der Waals surface area contributed by atoms with Crippen LogP contribution in [-0.4, -0.2) is 15.0 Å². The highest BCUT2D eigenvalue weighted by molar-refractivity contribution is 6.33. The van der Waals surface area contributed by atoms with Gasteiger partial charge in [-0.2, -0.15) is 0 Å². The van der Waals surface area contributed by atoms with Crippen LogP contribution in [0.3, 0.4) is 0 Å². The number of hydrogen-bond donors (Lipinski definition) is 0. The number of benzene rings is 10. The van der Waals surface area contributed by atoms with Crippen molar-refractivity contribution in [1.29, 1.82) is 0 Å². The van der Waals surface area contributed by atoms with Crippen LogP contribution in [0.1, 0.15) is 0 Å². The lowest BCUT2D eigenvalue weighted by molar-refractivity contribution is 1.18. The summed E-state index contributed by atoms with van der Waals surface area (Å²) in [5, 5.41) is 8.37. The van der Waals surface area contributed by atoms with Crippen molar-refractivity contribution in [3.05, 3.63) is 237 Å². The SMILES string of the molecule is c1ccc(-c2ccc(-c3nc(-c4ccccc4)nc(-c4ccc(-c5ccccc5)cc4)c3-c3cccc(-c4nc5ccccc5c5c6ccccc6c6ccccc6c45)c3)cc2)cc1. The van der Waals surface area contributed by atoms with Crippen molar-refractivity contribution in [1.82, 2.24) is 15.0 Å². The molecule has 0 spiro atoms. The Bertz CT molecular complexity index is 3570. The molecule has 0 fully saturated rings. The van der Waals surface area contributed by atoms with Gasteiger partial charge in [-0.1, -0.05) is 224 Å². The molecule has 3 heteroatoms. The maximum Gasteiger partial charge on any atom is 0.160 e. The second-order valence-corrected chi connectivity index (χ2v) is 16.3. The molecule has 0 aliphatic heterocycles. The lowest BCUT2D eigenvalue weighted by Crippen LogP contribution is -2.01. The summed E-state index contributed by atoms with van der Waals surface area (Å²) < 4.78 is 0. The molecule has 0 bridgehead atoms. The summed E-state index contributed by atoms with van der Waals surface area (Å²) in [5.74, 6) is 0.672. The zero-order valence-corrected chi connectivity index (χ0v) is 34.9. The normalized spacial score (nSPS) is 11.4. The van der Waals surface area contributed by atoms with E-state index in [1.54, 1.807) is 0 Å². The van der Waals surface area contributed by atoms with E-state index >= 15 is 0 Å². The fourth-order valence-electron chi connectivity index (χ4n) is 9.43. The van der Waals surface area contributed by atoms with Crippen molar-refractivity contribution >= 4 is 43.2 Å². The van der Waals surface area contributed by atoms with Crippen LogP contribution in [0.15, 0.2) is 237 Å². The van der Waals surface area contributed by atoms with Gasteiger partial charge in [0, 0.05) is 44.0 Å². The van der Waals surface area contributed by atoms with Crippen LogP contribution in [0.25, 0.3) is 122 Å². The van der Waals surface area contributed by atoms with Gasteiger partial charge in [-0.15, -0.1) is 0 Å². The molecule has 0 saturated carbocycles. The largest absolute Gasteiger partial charge is 0.247 e. The molecule has 0 saturated heterocycles. The molecular weight excluding hydrogens is 775 g/mol. The third-order valence-electron chi connectivity index (χ3n) is 12.5. The van der Waals surface area contributed by atoms with E-state index in [1.807, 2.05) is 18.2 Å². The average Bonchev–Trinajstić information content (AvgIpc) is 3.39. The van der Waals surface area contributed by atoms with E-state index < -0.39 is 0 Å². The van der Waals surface area contributed by atoms with Crippen LogP contribution in [0.4, 0.5) is 0 Å². The van der Waals surface area contributed by atoms with Gasteiger partial charge < -0.3 is 0 Å². The Kier molecular flexibility index (Phi) is 9.16. The van der Waals surface area contributed by atoms with Gasteiger partial charge in [-0.25, -0.2) is 15.0 Å². The first-order valence-corrected chi connectivity index (χ1v) is 21.8. The number of hydrogen-bond acceptors (Lipinski definition) is 3. The van der Waals surface area contributed by atoms with E-state index in [2.05, 4.69) is 218 Å². The van der Waals surface area contributed by atoms with Crippen molar-refractivity contribution in [3.8, 4) is 78.5 Å². The van der Waals surface area contributed by atoms with Gasteiger partial charge in [-0.3, -0.25) is 0 Å². The first-order chi connectivity index (χ1) is 31.7. The molecule has 298 valence electrons. The lowest BCUT2D eigenvalue weighted by atomic mass is 9.88. The number of fused-ring (bicyclic) bond motifs is 8. The Morgan fingerprint density at radius 2 is 0.609 bits per heavy atom. The van der Waals surface area contributed by atoms with Crippen LogP contribution in [0.2, 0.25) is 0 Å². The van der Waals surface area contributed by atoms with Gasteiger partial charge in [-0.05, 0) is 61.5 Å². The molecular formula is C61H39N3.